The Morgan fingerprint density at radius 3 is 2.42 bits per heavy atom. The van der Waals surface area contributed by atoms with Crippen molar-refractivity contribution in [3.63, 3.8) is 0 Å². The molecule has 0 spiro atoms. The van der Waals surface area contributed by atoms with Crippen molar-refractivity contribution in [3.8, 4) is 0 Å². The van der Waals surface area contributed by atoms with Crippen molar-refractivity contribution < 1.29 is 8.42 Å². The molecule has 2 saturated carbocycles. The number of hydrogen-bond donors (Lipinski definition) is 0. The van der Waals surface area contributed by atoms with Crippen molar-refractivity contribution in [3.05, 3.63) is 29.8 Å². The molecule has 3 rings (SSSR count). The first kappa shape index (κ1) is 13.4. The molecule has 4 heteroatoms. The molecule has 0 aromatic heterocycles. The fourth-order valence-electron chi connectivity index (χ4n) is 4.39. The maximum atomic E-state index is 11.7. The van der Waals surface area contributed by atoms with Crippen molar-refractivity contribution in [2.24, 2.45) is 17.3 Å². The van der Waals surface area contributed by atoms with E-state index in [0.717, 1.165) is 12.0 Å². The third-order valence-electron chi connectivity index (χ3n) is 5.44. The van der Waals surface area contributed by atoms with Crippen molar-refractivity contribution in [1.82, 2.24) is 0 Å². The van der Waals surface area contributed by atoms with Gasteiger partial charge in [0.05, 0.1) is 4.90 Å². The molecule has 3 unspecified atom stereocenters. The van der Waals surface area contributed by atoms with Crippen LogP contribution in [-0.2, 0) is 9.05 Å². The minimum Gasteiger partial charge on any atom is -0.207 e. The fraction of sp³-hybridized carbons (Fsp3) is 0.600. The third-order valence-corrected chi connectivity index (χ3v) is 6.84. The Hall–Kier alpha value is -0.540. The maximum Gasteiger partial charge on any atom is 0.261 e. The normalized spacial score (nSPS) is 32.7. The van der Waals surface area contributed by atoms with Gasteiger partial charge >= 0.3 is 0 Å². The summed E-state index contributed by atoms with van der Waals surface area (Å²) in [6, 6.07) is 7.24. The van der Waals surface area contributed by atoms with Crippen LogP contribution >= 0.6 is 10.7 Å². The summed E-state index contributed by atoms with van der Waals surface area (Å²) in [5.74, 6) is 1.64. The molecule has 0 saturated heterocycles. The second kappa shape index (κ2) is 4.23. The summed E-state index contributed by atoms with van der Waals surface area (Å²) in [7, 11) is 1.93. The summed E-state index contributed by atoms with van der Waals surface area (Å²) in [4.78, 5) is 0.310. The molecular weight excluding hydrogens is 280 g/mol. The Bertz CT molecular complexity index is 606. The van der Waals surface area contributed by atoms with Crippen LogP contribution in [0.3, 0.4) is 0 Å². The number of benzene rings is 1. The van der Waals surface area contributed by atoms with E-state index >= 15 is 0 Å². The Morgan fingerprint density at radius 1 is 1.21 bits per heavy atom. The molecule has 1 aromatic rings. The second-order valence-corrected chi connectivity index (χ2v) is 9.05. The molecular formula is C15H19ClO2S. The van der Waals surface area contributed by atoms with Crippen molar-refractivity contribution in [1.29, 1.82) is 0 Å². The zero-order chi connectivity index (χ0) is 13.8. The van der Waals surface area contributed by atoms with Crippen LogP contribution in [0, 0.1) is 17.3 Å². The fourth-order valence-corrected chi connectivity index (χ4v) is 5.56. The van der Waals surface area contributed by atoms with Gasteiger partial charge in [-0.3, -0.25) is 0 Å². The lowest BCUT2D eigenvalue weighted by Crippen LogP contribution is -2.19. The van der Waals surface area contributed by atoms with E-state index in [1.54, 1.807) is 12.1 Å². The van der Waals surface area contributed by atoms with Gasteiger partial charge in [0.2, 0.25) is 0 Å². The van der Waals surface area contributed by atoms with Crippen LogP contribution in [-0.4, -0.2) is 8.42 Å². The molecule has 2 nitrogen and oxygen atoms in total. The molecule has 2 bridgehead atoms. The Balaban J connectivity index is 2.06. The number of fused-ring (bicyclic) bond motifs is 2. The van der Waals surface area contributed by atoms with E-state index in [-0.39, 0.29) is 0 Å². The first-order chi connectivity index (χ1) is 8.82. The van der Waals surface area contributed by atoms with Crippen LogP contribution in [0.25, 0.3) is 0 Å². The largest absolute Gasteiger partial charge is 0.261 e. The lowest BCUT2D eigenvalue weighted by Gasteiger charge is -2.27. The van der Waals surface area contributed by atoms with Gasteiger partial charge in [-0.05, 0) is 54.1 Å². The van der Waals surface area contributed by atoms with Gasteiger partial charge in [-0.2, -0.15) is 0 Å². The van der Waals surface area contributed by atoms with E-state index in [1.807, 2.05) is 12.1 Å². The van der Waals surface area contributed by atoms with Gasteiger partial charge in [0.15, 0.2) is 0 Å². The van der Waals surface area contributed by atoms with Crippen LogP contribution in [0.5, 0.6) is 0 Å². The third kappa shape index (κ3) is 2.02. The zero-order valence-corrected chi connectivity index (χ0v) is 12.8. The predicted molar refractivity (Wildman–Crippen MR) is 76.8 cm³/mol. The monoisotopic (exact) mass is 298 g/mol. The molecule has 3 atom stereocenters. The summed E-state index contributed by atoms with van der Waals surface area (Å²) in [5.41, 5.74) is 1.26. The van der Waals surface area contributed by atoms with Gasteiger partial charge in [-0.1, -0.05) is 32.0 Å². The molecule has 0 amide bonds. The molecule has 2 aliphatic carbocycles. The molecule has 0 aliphatic heterocycles. The van der Waals surface area contributed by atoms with E-state index < -0.39 is 9.05 Å². The average molecular weight is 299 g/mol. The Labute approximate surface area is 119 Å². The van der Waals surface area contributed by atoms with Gasteiger partial charge in [0, 0.05) is 10.7 Å². The van der Waals surface area contributed by atoms with Gasteiger partial charge in [0.1, 0.15) is 0 Å². The lowest BCUT2D eigenvalue weighted by molar-refractivity contribution is 0.253. The van der Waals surface area contributed by atoms with Crippen LogP contribution in [0.15, 0.2) is 29.2 Å². The molecule has 2 fully saturated rings. The summed E-state index contributed by atoms with van der Waals surface area (Å²) >= 11 is 0. The quantitative estimate of drug-likeness (QED) is 0.769. The van der Waals surface area contributed by atoms with E-state index in [2.05, 4.69) is 13.8 Å². The highest BCUT2D eigenvalue weighted by molar-refractivity contribution is 8.13. The van der Waals surface area contributed by atoms with Gasteiger partial charge < -0.3 is 0 Å². The smallest absolute Gasteiger partial charge is 0.207 e. The molecule has 1 aromatic carbocycles. The van der Waals surface area contributed by atoms with Gasteiger partial charge in [0.25, 0.3) is 9.05 Å². The van der Waals surface area contributed by atoms with E-state index in [1.165, 1.54) is 12.8 Å². The highest BCUT2D eigenvalue weighted by Gasteiger charge is 2.54. The molecule has 0 N–H and O–H groups in total. The minimum absolute atomic E-state index is 0.310. The molecule has 19 heavy (non-hydrogen) atoms. The van der Waals surface area contributed by atoms with Crippen LogP contribution < -0.4 is 0 Å². The Morgan fingerprint density at radius 2 is 1.89 bits per heavy atom. The number of hydrogen-bond acceptors (Lipinski definition) is 2. The molecule has 0 heterocycles. The number of halogens is 1. The van der Waals surface area contributed by atoms with Gasteiger partial charge in [-0.15, -0.1) is 0 Å². The van der Waals surface area contributed by atoms with Crippen molar-refractivity contribution >= 4 is 19.7 Å². The predicted octanol–water partition coefficient (Wildman–Crippen LogP) is 4.15. The van der Waals surface area contributed by atoms with E-state index in [0.29, 0.717) is 28.1 Å². The molecule has 2 aliphatic rings. The summed E-state index contributed by atoms with van der Waals surface area (Å²) in [6.45, 7) is 4.65. The van der Waals surface area contributed by atoms with Crippen LogP contribution in [0.1, 0.15) is 44.6 Å². The first-order valence-electron chi connectivity index (χ1n) is 6.85. The SMILES string of the molecule is CC1(C)C2CCC1C(c1ccccc1S(=O)(=O)Cl)C2. The van der Waals surface area contributed by atoms with Gasteiger partial charge in [-0.25, -0.2) is 8.42 Å². The lowest BCUT2D eigenvalue weighted by atomic mass is 9.78. The summed E-state index contributed by atoms with van der Waals surface area (Å²) < 4.78 is 23.5. The van der Waals surface area contributed by atoms with Crippen LogP contribution in [0.4, 0.5) is 0 Å². The zero-order valence-electron chi connectivity index (χ0n) is 11.3. The second-order valence-electron chi connectivity index (χ2n) is 6.52. The molecule has 0 radical (unpaired) electrons. The highest BCUT2D eigenvalue weighted by atomic mass is 35.7. The van der Waals surface area contributed by atoms with E-state index in [9.17, 15) is 8.42 Å². The van der Waals surface area contributed by atoms with Crippen molar-refractivity contribution in [2.45, 2.75) is 43.9 Å². The summed E-state index contributed by atoms with van der Waals surface area (Å²) in [5, 5.41) is 0. The summed E-state index contributed by atoms with van der Waals surface area (Å²) in [6.07, 6.45) is 3.59. The highest BCUT2D eigenvalue weighted by Crippen LogP contribution is 2.63. The molecule has 104 valence electrons. The average Bonchev–Trinajstić information content (AvgIpc) is 2.77. The van der Waals surface area contributed by atoms with E-state index in [4.69, 9.17) is 10.7 Å². The maximum absolute atomic E-state index is 11.7. The van der Waals surface area contributed by atoms with Crippen LogP contribution in [0.2, 0.25) is 0 Å². The minimum atomic E-state index is -3.65. The topological polar surface area (TPSA) is 34.1 Å². The first-order valence-corrected chi connectivity index (χ1v) is 9.16. The number of rotatable bonds is 2. The standard InChI is InChI=1S/C15H19ClO2S/c1-15(2)10-7-8-13(15)12(9-10)11-5-3-4-6-14(11)19(16,17)18/h3-6,10,12-13H,7-9H2,1-2H3. The van der Waals surface area contributed by atoms with Crippen molar-refractivity contribution in [2.75, 3.05) is 0 Å². The Kier molecular flexibility index (Phi) is 2.99.